The van der Waals surface area contributed by atoms with Gasteiger partial charge in [0.1, 0.15) is 0 Å². The van der Waals surface area contributed by atoms with Crippen LogP contribution < -0.4 is 0 Å². The molecule has 0 saturated carbocycles. The van der Waals surface area contributed by atoms with E-state index in [0.717, 1.165) is 72.6 Å². The minimum absolute atomic E-state index is 0.000255. The maximum atomic E-state index is 13.2. The highest BCUT2D eigenvalue weighted by atomic mass is 16.7. The lowest BCUT2D eigenvalue weighted by Crippen LogP contribution is -2.51. The number of rotatable bonds is 10. The van der Waals surface area contributed by atoms with Gasteiger partial charge in [0.2, 0.25) is 0 Å². The molecule has 2 amide bonds. The number of carbonyl (C=O) groups is 2. The van der Waals surface area contributed by atoms with Crippen LogP contribution in [-0.4, -0.2) is 70.4 Å². The molecular weight excluding hydrogens is 663 g/mol. The number of fused-ring (bicyclic) bond motifs is 1. The zero-order valence-corrected chi connectivity index (χ0v) is 30.0. The summed E-state index contributed by atoms with van der Waals surface area (Å²) in [5, 5.41) is 9.67. The molecule has 270 valence electrons. The van der Waals surface area contributed by atoms with E-state index < -0.39 is 6.29 Å². The molecular formula is C45H45N3O5. The topological polar surface area (TPSA) is 82.6 Å². The minimum atomic E-state index is -0.569. The van der Waals surface area contributed by atoms with Crippen LogP contribution in [0.5, 0.6) is 0 Å². The molecule has 8 heteroatoms. The predicted octanol–water partition coefficient (Wildman–Crippen LogP) is 7.25. The molecule has 0 spiro atoms. The Labute approximate surface area is 311 Å². The lowest BCUT2D eigenvalue weighted by atomic mass is 9.89. The van der Waals surface area contributed by atoms with Crippen LogP contribution in [0.25, 0.3) is 11.1 Å². The van der Waals surface area contributed by atoms with Crippen molar-refractivity contribution in [2.45, 2.75) is 45.1 Å². The number of amides is 2. The van der Waals surface area contributed by atoms with Crippen LogP contribution in [0.3, 0.4) is 0 Å². The molecule has 5 aromatic carbocycles. The van der Waals surface area contributed by atoms with E-state index in [9.17, 15) is 14.7 Å². The predicted molar refractivity (Wildman–Crippen MR) is 204 cm³/mol. The van der Waals surface area contributed by atoms with Crippen LogP contribution in [-0.2, 0) is 29.2 Å². The van der Waals surface area contributed by atoms with Gasteiger partial charge in [-0.2, -0.15) is 0 Å². The molecule has 8 rings (SSSR count). The third-order valence-corrected chi connectivity index (χ3v) is 11.0. The van der Waals surface area contributed by atoms with Crippen molar-refractivity contribution in [1.29, 1.82) is 0 Å². The first-order valence-corrected chi connectivity index (χ1v) is 18.6. The van der Waals surface area contributed by atoms with Crippen LogP contribution in [0.15, 0.2) is 127 Å². The Bertz CT molecular complexity index is 2010. The summed E-state index contributed by atoms with van der Waals surface area (Å²) in [6.45, 7) is 8.17. The fourth-order valence-corrected chi connectivity index (χ4v) is 7.87. The van der Waals surface area contributed by atoms with Gasteiger partial charge in [-0.15, -0.1) is 0 Å². The van der Waals surface area contributed by atoms with E-state index in [-0.39, 0.29) is 43.1 Å². The Morgan fingerprint density at radius 2 is 1.19 bits per heavy atom. The monoisotopic (exact) mass is 707 g/mol. The average molecular weight is 708 g/mol. The number of ether oxygens (including phenoxy) is 2. The van der Waals surface area contributed by atoms with Crippen LogP contribution in [0.4, 0.5) is 0 Å². The van der Waals surface area contributed by atoms with Gasteiger partial charge < -0.3 is 14.6 Å². The second kappa shape index (κ2) is 15.6. The number of nitrogens with zero attached hydrogens (tertiary/aromatic N) is 3. The summed E-state index contributed by atoms with van der Waals surface area (Å²) in [5.74, 6) is -0.427. The van der Waals surface area contributed by atoms with E-state index in [1.165, 1.54) is 10.5 Å². The number of benzene rings is 5. The molecule has 5 aromatic rings. The molecule has 3 heterocycles. The Kier molecular flexibility index (Phi) is 10.3. The normalized spacial score (nSPS) is 22.3. The van der Waals surface area contributed by atoms with E-state index in [0.29, 0.717) is 11.1 Å². The lowest BCUT2D eigenvalue weighted by Gasteiger charge is -2.44. The second-order valence-electron chi connectivity index (χ2n) is 14.4. The van der Waals surface area contributed by atoms with Gasteiger partial charge in [0.15, 0.2) is 6.29 Å². The van der Waals surface area contributed by atoms with Crippen molar-refractivity contribution >= 4 is 11.8 Å². The number of imide groups is 1. The molecule has 4 atom stereocenters. The smallest absolute Gasteiger partial charge is 0.261 e. The summed E-state index contributed by atoms with van der Waals surface area (Å²) < 4.78 is 13.6. The molecule has 1 N–H and O–H groups in total. The van der Waals surface area contributed by atoms with Gasteiger partial charge in [-0.25, -0.2) is 0 Å². The first-order chi connectivity index (χ1) is 25.9. The average Bonchev–Trinajstić information content (AvgIpc) is 3.45. The second-order valence-corrected chi connectivity index (χ2v) is 14.4. The summed E-state index contributed by atoms with van der Waals surface area (Å²) in [6.07, 6.45) is -0.816. The molecule has 2 saturated heterocycles. The Morgan fingerprint density at radius 3 is 1.85 bits per heavy atom. The Morgan fingerprint density at radius 1 is 0.604 bits per heavy atom. The summed E-state index contributed by atoms with van der Waals surface area (Å²) in [6, 6.07) is 41.9. The van der Waals surface area contributed by atoms with E-state index >= 15 is 0 Å². The summed E-state index contributed by atoms with van der Waals surface area (Å²) >= 11 is 0. The lowest BCUT2D eigenvalue weighted by molar-refractivity contribution is -0.276. The highest BCUT2D eigenvalue weighted by Gasteiger charge is 2.40. The van der Waals surface area contributed by atoms with Gasteiger partial charge >= 0.3 is 0 Å². The zero-order valence-electron chi connectivity index (χ0n) is 30.0. The van der Waals surface area contributed by atoms with Crippen molar-refractivity contribution in [3.63, 3.8) is 0 Å². The minimum Gasteiger partial charge on any atom is -0.392 e. The van der Waals surface area contributed by atoms with E-state index in [4.69, 9.17) is 9.47 Å². The molecule has 0 aliphatic carbocycles. The van der Waals surface area contributed by atoms with E-state index in [1.54, 1.807) is 24.3 Å². The highest BCUT2D eigenvalue weighted by molar-refractivity contribution is 6.21. The maximum absolute atomic E-state index is 13.2. The fourth-order valence-electron chi connectivity index (χ4n) is 7.87. The number of hydrogen-bond donors (Lipinski definition) is 1. The van der Waals surface area contributed by atoms with Gasteiger partial charge in [0.05, 0.1) is 36.5 Å². The third kappa shape index (κ3) is 7.47. The molecule has 53 heavy (non-hydrogen) atoms. The van der Waals surface area contributed by atoms with E-state index in [1.807, 2.05) is 36.4 Å². The van der Waals surface area contributed by atoms with Crippen molar-refractivity contribution in [3.05, 3.63) is 166 Å². The van der Waals surface area contributed by atoms with Crippen LogP contribution in [0.1, 0.15) is 67.9 Å². The SMILES string of the molecule is C[C@H]1[C@@H](CN2CCN(Cc3ccccc3)CC2)O[C@@H](c2ccc(-c3ccccc3CN3C(=O)c4ccccc4C3=O)cc2)O[C@H]1c1ccc(CO)cc1. The molecule has 0 aromatic heterocycles. The van der Waals surface area contributed by atoms with Crippen molar-refractivity contribution in [2.24, 2.45) is 5.92 Å². The van der Waals surface area contributed by atoms with Gasteiger partial charge in [-0.05, 0) is 45.5 Å². The number of carbonyl (C=O) groups excluding carboxylic acids is 2. The van der Waals surface area contributed by atoms with Gasteiger partial charge in [-0.1, -0.05) is 122 Å². The van der Waals surface area contributed by atoms with Crippen LogP contribution >= 0.6 is 0 Å². The van der Waals surface area contributed by atoms with Gasteiger partial charge in [0.25, 0.3) is 11.8 Å². The number of hydrogen-bond acceptors (Lipinski definition) is 7. The summed E-state index contributed by atoms with van der Waals surface area (Å²) in [7, 11) is 0. The molecule has 8 nitrogen and oxygen atoms in total. The molecule has 3 aliphatic heterocycles. The Hall–Kier alpha value is -4.96. The quantitative estimate of drug-likeness (QED) is 0.153. The zero-order chi connectivity index (χ0) is 36.3. The highest BCUT2D eigenvalue weighted by Crippen LogP contribution is 2.42. The van der Waals surface area contributed by atoms with Gasteiger partial charge in [-0.3, -0.25) is 24.3 Å². The largest absolute Gasteiger partial charge is 0.392 e. The maximum Gasteiger partial charge on any atom is 0.261 e. The van der Waals surface area contributed by atoms with Gasteiger partial charge in [0, 0.05) is 50.7 Å². The van der Waals surface area contributed by atoms with Crippen molar-refractivity contribution in [3.8, 4) is 11.1 Å². The standard InChI is InChI=1S/C45H45N3O5/c1-31-41(29-47-25-23-46(24-26-47)27-32-9-3-2-4-10-32)52-45(53-42(31)35-17-15-33(30-49)16-18-35)36-21-19-34(20-22-36)38-12-6-5-11-37(38)28-48-43(50)39-13-7-8-14-40(39)44(48)51/h2-22,31,41-42,45,49H,23-30H2,1H3/t31-,41+,42+,45+/m0/s1. The van der Waals surface area contributed by atoms with Crippen LogP contribution in [0.2, 0.25) is 0 Å². The number of piperazine rings is 1. The first-order valence-electron chi connectivity index (χ1n) is 18.6. The van der Waals surface area contributed by atoms with Crippen molar-refractivity contribution in [1.82, 2.24) is 14.7 Å². The molecule has 0 unspecified atom stereocenters. The van der Waals surface area contributed by atoms with E-state index in [2.05, 4.69) is 83.5 Å². The molecule has 0 bridgehead atoms. The number of aliphatic hydroxyl groups is 1. The van der Waals surface area contributed by atoms with Crippen molar-refractivity contribution < 1.29 is 24.2 Å². The molecule has 3 aliphatic rings. The summed E-state index contributed by atoms with van der Waals surface area (Å²) in [5.41, 5.74) is 7.94. The molecule has 2 fully saturated rings. The molecule has 0 radical (unpaired) electrons. The van der Waals surface area contributed by atoms with Crippen LogP contribution in [0, 0.1) is 5.92 Å². The summed E-state index contributed by atoms with van der Waals surface area (Å²) in [4.78, 5) is 32.7. The third-order valence-electron chi connectivity index (χ3n) is 11.0. The Balaban J connectivity index is 0.994. The first kappa shape index (κ1) is 35.1. The van der Waals surface area contributed by atoms with Crippen molar-refractivity contribution in [2.75, 3.05) is 32.7 Å². The number of aliphatic hydroxyl groups excluding tert-OH is 1. The fraction of sp³-hybridized carbons (Fsp3) is 0.289.